The van der Waals surface area contributed by atoms with Gasteiger partial charge in [0, 0.05) is 48.7 Å². The lowest BCUT2D eigenvalue weighted by Crippen LogP contribution is -2.61. The van der Waals surface area contributed by atoms with Gasteiger partial charge in [-0.1, -0.05) is 6.08 Å². The molecule has 2 aromatic rings. The Morgan fingerprint density at radius 2 is 1.68 bits per heavy atom. The number of carbonyl (C=O) groups is 2. The molecule has 2 aliphatic rings. The van der Waals surface area contributed by atoms with Crippen LogP contribution in [0.2, 0.25) is 0 Å². The first-order chi connectivity index (χ1) is 17.7. The van der Waals surface area contributed by atoms with Gasteiger partial charge in [-0.3, -0.25) is 9.59 Å². The molecule has 0 spiro atoms. The van der Waals surface area contributed by atoms with Crippen LogP contribution in [0.5, 0.6) is 11.5 Å². The van der Waals surface area contributed by atoms with Crippen molar-refractivity contribution in [3.05, 3.63) is 65.1 Å². The number of ether oxygens (including phenoxy) is 1. The van der Waals surface area contributed by atoms with Crippen molar-refractivity contribution >= 4 is 24.4 Å². The van der Waals surface area contributed by atoms with E-state index >= 15 is 8.63 Å². The number of amides is 2. The summed E-state index contributed by atoms with van der Waals surface area (Å²) in [6.07, 6.45) is 2.96. The number of nitrogens with zero attached hydrogens (tertiary/aromatic N) is 4. The van der Waals surface area contributed by atoms with E-state index in [-0.39, 0.29) is 34.0 Å². The molecule has 3 heterocycles. The molecule has 0 aliphatic carbocycles. The normalized spacial score (nSPS) is 17.5. The van der Waals surface area contributed by atoms with Crippen molar-refractivity contribution in [2.75, 3.05) is 33.3 Å². The number of methoxy groups -OCH3 is 1. The molecule has 0 bridgehead atoms. The highest BCUT2D eigenvalue weighted by molar-refractivity contribution is 6.64. The number of benzene rings is 1. The highest BCUT2D eigenvalue weighted by Crippen LogP contribution is 2.47. The Hall–Kier alpha value is -3.76. The Kier molecular flexibility index (Phi) is 7.08. The Morgan fingerprint density at radius 1 is 1.03 bits per heavy atom. The number of aromatic nitrogens is 1. The zero-order chi connectivity index (χ0) is 27.1. The van der Waals surface area contributed by atoms with Crippen LogP contribution in [0.4, 0.5) is 8.63 Å². The van der Waals surface area contributed by atoms with Gasteiger partial charge in [-0.15, -0.1) is 0 Å². The quantitative estimate of drug-likeness (QED) is 0.544. The number of phenols is 1. The minimum atomic E-state index is -4.61. The molecule has 0 saturated heterocycles. The van der Waals surface area contributed by atoms with Crippen molar-refractivity contribution in [1.29, 1.82) is 0 Å². The SMILES string of the molecule is CCN(CC)C(=O)c1ccc2n1[B-](F)(F)N1C(=C2c2cc(OC)ccc2O)C=CC1C(=O)N(CC)CC. The maximum atomic E-state index is 16.5. The summed E-state index contributed by atoms with van der Waals surface area (Å²) >= 11 is 0. The van der Waals surface area contributed by atoms with Crippen molar-refractivity contribution in [2.45, 2.75) is 33.7 Å². The molecule has 1 aromatic carbocycles. The Bertz CT molecular complexity index is 1280. The lowest BCUT2D eigenvalue weighted by atomic mass is 9.83. The van der Waals surface area contributed by atoms with E-state index in [2.05, 4.69) is 0 Å². The summed E-state index contributed by atoms with van der Waals surface area (Å²) in [5.41, 5.74) is 0.548. The number of aromatic hydroxyl groups is 1. The predicted octanol–water partition coefficient (Wildman–Crippen LogP) is 3.79. The van der Waals surface area contributed by atoms with E-state index in [1.54, 1.807) is 39.8 Å². The van der Waals surface area contributed by atoms with Gasteiger partial charge >= 0.3 is 6.97 Å². The van der Waals surface area contributed by atoms with Crippen LogP contribution in [0.3, 0.4) is 0 Å². The molecule has 0 saturated carbocycles. The molecule has 8 nitrogen and oxygen atoms in total. The molecule has 198 valence electrons. The molecule has 4 rings (SSSR count). The second kappa shape index (κ2) is 9.95. The van der Waals surface area contributed by atoms with Gasteiger partial charge in [-0.05, 0) is 64.1 Å². The molecule has 1 N–H and O–H groups in total. The molecule has 2 aliphatic heterocycles. The van der Waals surface area contributed by atoms with E-state index in [0.29, 0.717) is 31.9 Å². The van der Waals surface area contributed by atoms with Crippen LogP contribution in [0.15, 0.2) is 48.2 Å². The summed E-state index contributed by atoms with van der Waals surface area (Å²) in [6, 6.07) is 6.14. The zero-order valence-corrected chi connectivity index (χ0v) is 21.7. The summed E-state index contributed by atoms with van der Waals surface area (Å²) in [5.74, 6) is -0.712. The van der Waals surface area contributed by atoms with E-state index in [9.17, 15) is 14.7 Å². The Balaban J connectivity index is 2.01. The molecule has 0 fully saturated rings. The number of phenolic OH excluding ortho intramolecular Hbond substituents is 1. The molecule has 11 heteroatoms. The van der Waals surface area contributed by atoms with Gasteiger partial charge in [0.25, 0.3) is 5.91 Å². The van der Waals surface area contributed by atoms with Crippen LogP contribution in [0.25, 0.3) is 5.57 Å². The first kappa shape index (κ1) is 26.3. The molecule has 1 atom stereocenters. The largest absolute Gasteiger partial charge is 0.530 e. The number of fused-ring (bicyclic) bond motifs is 2. The van der Waals surface area contributed by atoms with Crippen LogP contribution in [0.1, 0.15) is 49.4 Å². The van der Waals surface area contributed by atoms with Crippen LogP contribution in [-0.4, -0.2) is 82.3 Å². The van der Waals surface area contributed by atoms with Gasteiger partial charge in [-0.25, -0.2) is 0 Å². The first-order valence-corrected chi connectivity index (χ1v) is 12.6. The number of halogens is 2. The maximum absolute atomic E-state index is 16.5. The fourth-order valence-corrected chi connectivity index (χ4v) is 5.22. The van der Waals surface area contributed by atoms with Crippen molar-refractivity contribution < 1.29 is 28.1 Å². The van der Waals surface area contributed by atoms with Crippen molar-refractivity contribution in [3.8, 4) is 11.5 Å². The lowest BCUT2D eigenvalue weighted by molar-refractivity contribution is -0.133. The summed E-state index contributed by atoms with van der Waals surface area (Å²) in [5, 5.41) is 10.8. The molecule has 1 unspecified atom stereocenters. The second-order valence-electron chi connectivity index (χ2n) is 8.90. The third-order valence-electron chi connectivity index (χ3n) is 7.16. The fraction of sp³-hybridized carbons (Fsp3) is 0.385. The van der Waals surface area contributed by atoms with E-state index in [0.717, 1.165) is 9.29 Å². The fourth-order valence-electron chi connectivity index (χ4n) is 5.22. The van der Waals surface area contributed by atoms with Gasteiger partial charge < -0.3 is 37.6 Å². The molecular formula is C26H32BF2N4O4-. The minimum absolute atomic E-state index is 0.0795. The van der Waals surface area contributed by atoms with Crippen LogP contribution in [-0.2, 0) is 4.79 Å². The number of hydrogen-bond donors (Lipinski definition) is 1. The van der Waals surface area contributed by atoms with E-state index in [1.807, 2.05) is 0 Å². The number of hydrogen-bond acceptors (Lipinski definition) is 5. The van der Waals surface area contributed by atoms with E-state index in [1.165, 1.54) is 47.3 Å². The van der Waals surface area contributed by atoms with Crippen molar-refractivity contribution in [2.24, 2.45) is 0 Å². The van der Waals surface area contributed by atoms with Crippen LogP contribution < -0.4 is 4.74 Å². The van der Waals surface area contributed by atoms with Gasteiger partial charge in [0.1, 0.15) is 11.5 Å². The van der Waals surface area contributed by atoms with Crippen molar-refractivity contribution in [3.63, 3.8) is 0 Å². The van der Waals surface area contributed by atoms with E-state index < -0.39 is 24.8 Å². The number of carbonyl (C=O) groups excluding carboxylic acids is 2. The van der Waals surface area contributed by atoms with E-state index in [4.69, 9.17) is 4.74 Å². The van der Waals surface area contributed by atoms with Gasteiger partial charge in [0.05, 0.1) is 18.8 Å². The minimum Gasteiger partial charge on any atom is -0.507 e. The Morgan fingerprint density at radius 3 is 2.27 bits per heavy atom. The highest BCUT2D eigenvalue weighted by Gasteiger charge is 2.50. The first-order valence-electron chi connectivity index (χ1n) is 12.6. The standard InChI is InChI=1S/C26H32BF2N4O4/c1-6-30(7-2)25(35)21-13-11-19-24(18-16-17(37-5)10-15-23(18)34)20-12-14-22(26(36)31(8-3)9-4)33(20)27(28,29)32(19)21/h10-16,21,34H,6-9H2,1-5H3/q-1. The average Bonchev–Trinajstić information content (AvgIpc) is 3.53. The van der Waals surface area contributed by atoms with Gasteiger partial charge in [-0.2, -0.15) is 0 Å². The summed E-state index contributed by atoms with van der Waals surface area (Å²) in [6.45, 7) is 3.99. The smallest absolute Gasteiger partial charge is 0.507 e. The number of rotatable bonds is 8. The van der Waals surface area contributed by atoms with Gasteiger partial charge in [0.15, 0.2) is 0 Å². The monoisotopic (exact) mass is 513 g/mol. The highest BCUT2D eigenvalue weighted by atomic mass is 19.2. The molecular weight excluding hydrogens is 481 g/mol. The van der Waals surface area contributed by atoms with Crippen LogP contribution in [0, 0.1) is 0 Å². The molecule has 0 radical (unpaired) electrons. The third-order valence-corrected chi connectivity index (χ3v) is 7.16. The topological polar surface area (TPSA) is 78.3 Å². The lowest BCUT2D eigenvalue weighted by Gasteiger charge is -2.49. The summed E-state index contributed by atoms with van der Waals surface area (Å²) in [4.78, 5) is 30.5. The zero-order valence-electron chi connectivity index (χ0n) is 21.7. The third kappa shape index (κ3) is 4.06. The summed E-state index contributed by atoms with van der Waals surface area (Å²) < 4.78 is 39.2. The second-order valence-corrected chi connectivity index (χ2v) is 8.90. The average molecular weight is 513 g/mol. The number of allylic oxidation sites excluding steroid dienone is 1. The molecule has 2 amide bonds. The van der Waals surface area contributed by atoms with Gasteiger partial charge in [0.2, 0.25) is 5.91 Å². The Labute approximate surface area is 215 Å². The molecule has 37 heavy (non-hydrogen) atoms. The van der Waals surface area contributed by atoms with Crippen LogP contribution >= 0.6 is 0 Å². The maximum Gasteiger partial charge on any atom is 0.530 e. The summed E-state index contributed by atoms with van der Waals surface area (Å²) in [7, 11) is 1.47. The van der Waals surface area contributed by atoms with Crippen molar-refractivity contribution in [1.82, 2.24) is 19.1 Å². The number of likely N-dealkylation sites (N-methyl/N-ethyl adjacent to an activating group) is 1. The predicted molar refractivity (Wildman–Crippen MR) is 138 cm³/mol. The molecule has 1 aromatic heterocycles.